The summed E-state index contributed by atoms with van der Waals surface area (Å²) in [5.74, 6) is -1.04. The van der Waals surface area contributed by atoms with Gasteiger partial charge in [0.25, 0.3) is 5.91 Å². The Morgan fingerprint density at radius 2 is 2.00 bits per heavy atom. The Labute approximate surface area is 106 Å². The van der Waals surface area contributed by atoms with E-state index in [9.17, 15) is 9.59 Å². The van der Waals surface area contributed by atoms with E-state index in [0.717, 1.165) is 0 Å². The first kappa shape index (κ1) is 14.2. The Morgan fingerprint density at radius 3 is 2.56 bits per heavy atom. The van der Waals surface area contributed by atoms with Crippen molar-refractivity contribution < 1.29 is 19.4 Å². The van der Waals surface area contributed by atoms with Crippen molar-refractivity contribution >= 4 is 11.9 Å². The standard InChI is InChI=1S/C13H17NO4/c1-2-8-18-13(17)11(9-15)14-12(16)10-6-4-3-5-7-10/h3-7,11,15H,2,8-9H2,1H3,(H,14,16)/t11-/m0/s1. The van der Waals surface area contributed by atoms with E-state index in [-0.39, 0.29) is 6.61 Å². The highest BCUT2D eigenvalue weighted by Crippen LogP contribution is 1.99. The number of hydrogen-bond donors (Lipinski definition) is 2. The zero-order valence-electron chi connectivity index (χ0n) is 10.3. The third kappa shape index (κ3) is 4.18. The van der Waals surface area contributed by atoms with Crippen molar-refractivity contribution in [2.45, 2.75) is 19.4 Å². The first-order valence-corrected chi connectivity index (χ1v) is 5.82. The van der Waals surface area contributed by atoms with Gasteiger partial charge in [-0.1, -0.05) is 25.1 Å². The van der Waals surface area contributed by atoms with Crippen molar-refractivity contribution in [3.8, 4) is 0 Å². The lowest BCUT2D eigenvalue weighted by Crippen LogP contribution is -2.44. The van der Waals surface area contributed by atoms with Crippen molar-refractivity contribution in [2.24, 2.45) is 0 Å². The maximum Gasteiger partial charge on any atom is 0.331 e. The number of carbonyl (C=O) groups is 2. The maximum atomic E-state index is 11.8. The molecule has 0 aliphatic carbocycles. The van der Waals surface area contributed by atoms with Gasteiger partial charge in [0, 0.05) is 5.56 Å². The van der Waals surface area contributed by atoms with Crippen LogP contribution in [0.1, 0.15) is 23.7 Å². The predicted molar refractivity (Wildman–Crippen MR) is 66.0 cm³/mol. The van der Waals surface area contributed by atoms with Crippen molar-refractivity contribution in [1.82, 2.24) is 5.32 Å². The second-order valence-corrected chi connectivity index (χ2v) is 3.74. The highest BCUT2D eigenvalue weighted by molar-refractivity contribution is 5.96. The molecule has 0 spiro atoms. The molecular weight excluding hydrogens is 234 g/mol. The summed E-state index contributed by atoms with van der Waals surface area (Å²) in [6, 6.07) is 7.46. The van der Waals surface area contributed by atoms with E-state index in [1.165, 1.54) is 0 Å². The molecule has 0 aliphatic rings. The second-order valence-electron chi connectivity index (χ2n) is 3.74. The quantitative estimate of drug-likeness (QED) is 0.731. The van der Waals surface area contributed by atoms with Crippen LogP contribution in [0.4, 0.5) is 0 Å². The first-order valence-electron chi connectivity index (χ1n) is 5.82. The van der Waals surface area contributed by atoms with Crippen LogP contribution >= 0.6 is 0 Å². The van der Waals surface area contributed by atoms with Gasteiger partial charge in [-0.2, -0.15) is 0 Å². The minimum absolute atomic E-state index is 0.274. The number of aliphatic hydroxyl groups is 1. The second kappa shape index (κ2) is 7.45. The van der Waals surface area contributed by atoms with Crippen LogP contribution in [0.25, 0.3) is 0 Å². The fourth-order valence-electron chi connectivity index (χ4n) is 1.31. The van der Waals surface area contributed by atoms with E-state index in [4.69, 9.17) is 9.84 Å². The number of rotatable bonds is 6. The highest BCUT2D eigenvalue weighted by Gasteiger charge is 2.21. The minimum atomic E-state index is -1.02. The highest BCUT2D eigenvalue weighted by atomic mass is 16.5. The van der Waals surface area contributed by atoms with E-state index in [1.807, 2.05) is 6.92 Å². The molecule has 0 saturated carbocycles. The summed E-state index contributed by atoms with van der Waals surface area (Å²) >= 11 is 0. The molecule has 0 aromatic heterocycles. The summed E-state index contributed by atoms with van der Waals surface area (Å²) in [5, 5.41) is 11.5. The number of hydrogen-bond acceptors (Lipinski definition) is 4. The monoisotopic (exact) mass is 251 g/mol. The van der Waals surface area contributed by atoms with Gasteiger partial charge in [-0.05, 0) is 18.6 Å². The van der Waals surface area contributed by atoms with Crippen molar-refractivity contribution in [3.05, 3.63) is 35.9 Å². The van der Waals surface area contributed by atoms with Gasteiger partial charge in [-0.15, -0.1) is 0 Å². The Kier molecular flexibility index (Phi) is 5.87. The Balaban J connectivity index is 2.58. The van der Waals surface area contributed by atoms with Crippen LogP contribution in [0.15, 0.2) is 30.3 Å². The summed E-state index contributed by atoms with van der Waals surface area (Å²) in [7, 11) is 0. The lowest BCUT2D eigenvalue weighted by molar-refractivity contribution is -0.146. The van der Waals surface area contributed by atoms with Gasteiger partial charge < -0.3 is 15.2 Å². The molecule has 5 nitrogen and oxygen atoms in total. The zero-order chi connectivity index (χ0) is 13.4. The molecule has 18 heavy (non-hydrogen) atoms. The van der Waals surface area contributed by atoms with Crippen molar-refractivity contribution in [3.63, 3.8) is 0 Å². The summed E-state index contributed by atoms with van der Waals surface area (Å²) in [4.78, 5) is 23.3. The zero-order valence-corrected chi connectivity index (χ0v) is 10.3. The molecule has 0 fully saturated rings. The van der Waals surface area contributed by atoms with Gasteiger partial charge >= 0.3 is 5.97 Å². The summed E-state index contributed by atoms with van der Waals surface area (Å²) in [6.07, 6.45) is 0.691. The molecule has 0 unspecified atom stereocenters. The van der Waals surface area contributed by atoms with Crippen molar-refractivity contribution in [2.75, 3.05) is 13.2 Å². The van der Waals surface area contributed by atoms with E-state index >= 15 is 0 Å². The third-order valence-corrected chi connectivity index (χ3v) is 2.26. The molecule has 1 atom stereocenters. The fourth-order valence-corrected chi connectivity index (χ4v) is 1.31. The van der Waals surface area contributed by atoms with E-state index in [2.05, 4.69) is 5.32 Å². The lowest BCUT2D eigenvalue weighted by Gasteiger charge is -2.15. The molecule has 1 amide bonds. The minimum Gasteiger partial charge on any atom is -0.464 e. The molecular formula is C13H17NO4. The molecule has 0 heterocycles. The largest absolute Gasteiger partial charge is 0.464 e. The molecule has 0 saturated heterocycles. The average Bonchev–Trinajstić information content (AvgIpc) is 2.42. The number of amides is 1. The van der Waals surface area contributed by atoms with Gasteiger partial charge in [0.15, 0.2) is 6.04 Å². The van der Waals surface area contributed by atoms with Crippen LogP contribution in [0.5, 0.6) is 0 Å². The van der Waals surface area contributed by atoms with Crippen LogP contribution in [-0.4, -0.2) is 36.2 Å². The molecule has 98 valence electrons. The SMILES string of the molecule is CCCOC(=O)[C@H](CO)NC(=O)c1ccccc1. The Hall–Kier alpha value is -1.88. The smallest absolute Gasteiger partial charge is 0.331 e. The van der Waals surface area contributed by atoms with Gasteiger partial charge in [0.05, 0.1) is 13.2 Å². The summed E-state index contributed by atoms with van der Waals surface area (Å²) in [5.41, 5.74) is 0.430. The number of nitrogens with one attached hydrogen (secondary N) is 1. The van der Waals surface area contributed by atoms with Gasteiger partial charge in [0.2, 0.25) is 0 Å². The predicted octanol–water partition coefficient (Wildman–Crippen LogP) is 0.730. The van der Waals surface area contributed by atoms with Crippen LogP contribution < -0.4 is 5.32 Å². The van der Waals surface area contributed by atoms with Gasteiger partial charge in [-0.25, -0.2) is 4.79 Å². The van der Waals surface area contributed by atoms with Crippen LogP contribution in [0, 0.1) is 0 Å². The molecule has 0 bridgehead atoms. The van der Waals surface area contributed by atoms with E-state index in [0.29, 0.717) is 12.0 Å². The number of ether oxygens (including phenoxy) is 1. The number of aliphatic hydroxyl groups excluding tert-OH is 1. The normalized spacial score (nSPS) is 11.7. The topological polar surface area (TPSA) is 75.6 Å². The Morgan fingerprint density at radius 1 is 1.33 bits per heavy atom. The van der Waals surface area contributed by atoms with E-state index < -0.39 is 24.5 Å². The molecule has 1 aromatic rings. The molecule has 0 radical (unpaired) electrons. The molecule has 1 rings (SSSR count). The van der Waals surface area contributed by atoms with Gasteiger partial charge in [-0.3, -0.25) is 4.79 Å². The molecule has 5 heteroatoms. The van der Waals surface area contributed by atoms with E-state index in [1.54, 1.807) is 30.3 Å². The van der Waals surface area contributed by atoms with Crippen LogP contribution in [0.2, 0.25) is 0 Å². The molecule has 1 aromatic carbocycles. The summed E-state index contributed by atoms with van der Waals surface area (Å²) < 4.78 is 4.87. The van der Waals surface area contributed by atoms with Crippen molar-refractivity contribution in [1.29, 1.82) is 0 Å². The van der Waals surface area contributed by atoms with Crippen LogP contribution in [-0.2, 0) is 9.53 Å². The maximum absolute atomic E-state index is 11.8. The first-order chi connectivity index (χ1) is 8.69. The number of benzene rings is 1. The third-order valence-electron chi connectivity index (χ3n) is 2.26. The lowest BCUT2D eigenvalue weighted by atomic mass is 10.2. The Bertz CT molecular complexity index is 391. The van der Waals surface area contributed by atoms with Gasteiger partial charge in [0.1, 0.15) is 0 Å². The average molecular weight is 251 g/mol. The number of esters is 1. The van der Waals surface area contributed by atoms with Crippen LogP contribution in [0.3, 0.4) is 0 Å². The fraction of sp³-hybridized carbons (Fsp3) is 0.385. The molecule has 0 aliphatic heterocycles. The molecule has 2 N–H and O–H groups in total. The number of carbonyl (C=O) groups excluding carboxylic acids is 2. The summed E-state index contributed by atoms with van der Waals surface area (Å²) in [6.45, 7) is 1.65.